The number of hydrogen-bond donors (Lipinski definition) is 1. The van der Waals surface area contributed by atoms with Crippen molar-refractivity contribution in [3.63, 3.8) is 0 Å². The second kappa shape index (κ2) is 4.85. The molecule has 0 saturated carbocycles. The molecule has 0 amide bonds. The predicted octanol–water partition coefficient (Wildman–Crippen LogP) is 4.27. The van der Waals surface area contributed by atoms with Crippen LogP contribution in [-0.4, -0.2) is 10.9 Å². The molecule has 0 fully saturated rings. The number of carbonyl (C=O) groups is 1. The Hall–Kier alpha value is -2.87. The van der Waals surface area contributed by atoms with Gasteiger partial charge in [0, 0.05) is 5.56 Å². The third-order valence-electron chi connectivity index (χ3n) is 4.26. The number of phenols is 1. The van der Waals surface area contributed by atoms with E-state index in [2.05, 4.69) is 0 Å². The lowest BCUT2D eigenvalue weighted by Crippen LogP contribution is -2.16. The van der Waals surface area contributed by atoms with Crippen molar-refractivity contribution in [2.24, 2.45) is 0 Å². The van der Waals surface area contributed by atoms with Crippen LogP contribution >= 0.6 is 0 Å². The number of allylic oxidation sites excluding steroid dienone is 1. The fourth-order valence-corrected chi connectivity index (χ4v) is 3.23. The van der Waals surface area contributed by atoms with E-state index in [9.17, 15) is 9.90 Å². The first-order chi connectivity index (χ1) is 10.8. The zero-order valence-corrected chi connectivity index (χ0v) is 11.9. The number of phenolic OH excluding ortho intramolecular Hbond substituents is 1. The van der Waals surface area contributed by atoms with E-state index in [1.165, 1.54) is 0 Å². The zero-order valence-electron chi connectivity index (χ0n) is 11.9. The maximum atomic E-state index is 12.6. The fourth-order valence-electron chi connectivity index (χ4n) is 3.23. The van der Waals surface area contributed by atoms with E-state index in [4.69, 9.17) is 0 Å². The monoisotopic (exact) mass is 286 g/mol. The molecule has 0 aliphatic heterocycles. The van der Waals surface area contributed by atoms with Gasteiger partial charge in [0.15, 0.2) is 5.78 Å². The average Bonchev–Trinajstić information content (AvgIpc) is 2.56. The smallest absolute Gasteiger partial charge is 0.167 e. The summed E-state index contributed by atoms with van der Waals surface area (Å²) in [5, 5.41) is 12.4. The van der Waals surface area contributed by atoms with Crippen molar-refractivity contribution in [1.29, 1.82) is 0 Å². The van der Waals surface area contributed by atoms with Crippen LogP contribution in [0.2, 0.25) is 0 Å². The van der Waals surface area contributed by atoms with Crippen molar-refractivity contribution in [1.82, 2.24) is 0 Å². The Morgan fingerprint density at radius 1 is 0.818 bits per heavy atom. The van der Waals surface area contributed by atoms with Crippen LogP contribution in [0.4, 0.5) is 0 Å². The van der Waals surface area contributed by atoms with Crippen LogP contribution in [0.15, 0.2) is 66.7 Å². The van der Waals surface area contributed by atoms with Crippen molar-refractivity contribution in [2.45, 2.75) is 5.92 Å². The summed E-state index contributed by atoms with van der Waals surface area (Å²) in [7, 11) is 0. The fraction of sp³-hybridized carbons (Fsp3) is 0.0500. The molecule has 0 spiro atoms. The van der Waals surface area contributed by atoms with Gasteiger partial charge in [-0.3, -0.25) is 4.79 Å². The van der Waals surface area contributed by atoms with Gasteiger partial charge in [0.2, 0.25) is 0 Å². The maximum Gasteiger partial charge on any atom is 0.167 e. The van der Waals surface area contributed by atoms with Gasteiger partial charge in [-0.05, 0) is 34.0 Å². The number of fused-ring (bicyclic) bond motifs is 2. The topological polar surface area (TPSA) is 37.3 Å². The minimum atomic E-state index is -0.452. The van der Waals surface area contributed by atoms with E-state index in [0.29, 0.717) is 5.56 Å². The Kier molecular flexibility index (Phi) is 2.83. The van der Waals surface area contributed by atoms with Gasteiger partial charge >= 0.3 is 0 Å². The summed E-state index contributed by atoms with van der Waals surface area (Å²) in [6, 6.07) is 19.2. The lowest BCUT2D eigenvalue weighted by atomic mass is 9.79. The molecular formula is C20H14O2. The SMILES string of the molecule is O=C1C=Cc2ccccc2[C@H]1c1c(O)ccc2ccccc12. The van der Waals surface area contributed by atoms with E-state index in [-0.39, 0.29) is 11.5 Å². The number of ketones is 1. The zero-order chi connectivity index (χ0) is 15.1. The Labute approximate surface area is 128 Å². The minimum Gasteiger partial charge on any atom is -0.508 e. The molecular weight excluding hydrogens is 272 g/mol. The highest BCUT2D eigenvalue weighted by molar-refractivity contribution is 6.07. The number of hydrogen-bond acceptors (Lipinski definition) is 2. The molecule has 3 aromatic rings. The van der Waals surface area contributed by atoms with Crippen LogP contribution < -0.4 is 0 Å². The number of carbonyl (C=O) groups excluding carboxylic acids is 1. The normalized spacial score (nSPS) is 16.7. The standard InChI is InChI=1S/C20H14O2/c21-17-11-9-13-5-1-3-7-15(13)19(17)20-16-8-4-2-6-14(16)10-12-18(20)22/h1-12,19,22H/t19-/m1/s1. The summed E-state index contributed by atoms with van der Waals surface area (Å²) >= 11 is 0. The van der Waals surface area contributed by atoms with Gasteiger partial charge in [0.05, 0.1) is 5.92 Å². The molecule has 1 atom stereocenters. The predicted molar refractivity (Wildman–Crippen MR) is 87.9 cm³/mol. The molecule has 0 aromatic heterocycles. The van der Waals surface area contributed by atoms with Gasteiger partial charge in [-0.25, -0.2) is 0 Å². The second-order valence-corrected chi connectivity index (χ2v) is 5.52. The highest BCUT2D eigenvalue weighted by Gasteiger charge is 2.29. The summed E-state index contributed by atoms with van der Waals surface area (Å²) < 4.78 is 0. The summed E-state index contributed by atoms with van der Waals surface area (Å²) in [5.74, 6) is -0.278. The molecule has 0 radical (unpaired) electrons. The minimum absolute atomic E-state index is 0.00496. The Morgan fingerprint density at radius 2 is 1.59 bits per heavy atom. The van der Waals surface area contributed by atoms with E-state index in [0.717, 1.165) is 21.9 Å². The van der Waals surface area contributed by atoms with Crippen LogP contribution in [0.3, 0.4) is 0 Å². The van der Waals surface area contributed by atoms with Gasteiger partial charge in [-0.1, -0.05) is 60.7 Å². The summed E-state index contributed by atoms with van der Waals surface area (Å²) in [6.45, 7) is 0. The third-order valence-corrected chi connectivity index (χ3v) is 4.26. The molecule has 106 valence electrons. The van der Waals surface area contributed by atoms with Gasteiger partial charge in [0.25, 0.3) is 0 Å². The van der Waals surface area contributed by atoms with Gasteiger partial charge in [-0.15, -0.1) is 0 Å². The molecule has 0 heterocycles. The molecule has 0 unspecified atom stereocenters. The molecule has 4 rings (SSSR count). The van der Waals surface area contributed by atoms with Crippen LogP contribution in [-0.2, 0) is 4.79 Å². The van der Waals surface area contributed by atoms with Gasteiger partial charge < -0.3 is 5.11 Å². The highest BCUT2D eigenvalue weighted by atomic mass is 16.3. The highest BCUT2D eigenvalue weighted by Crippen LogP contribution is 2.40. The molecule has 0 bridgehead atoms. The van der Waals surface area contributed by atoms with Crippen LogP contribution in [0.1, 0.15) is 22.6 Å². The first kappa shape index (κ1) is 12.8. The van der Waals surface area contributed by atoms with Crippen LogP contribution in [0.5, 0.6) is 5.75 Å². The first-order valence-corrected chi connectivity index (χ1v) is 7.27. The molecule has 1 aliphatic carbocycles. The molecule has 22 heavy (non-hydrogen) atoms. The van der Waals surface area contributed by atoms with E-state index in [1.54, 1.807) is 12.1 Å². The lowest BCUT2D eigenvalue weighted by molar-refractivity contribution is -0.115. The lowest BCUT2D eigenvalue weighted by Gasteiger charge is -2.23. The Bertz CT molecular complexity index is 922. The maximum absolute atomic E-state index is 12.6. The number of benzene rings is 3. The third kappa shape index (κ3) is 1.85. The average molecular weight is 286 g/mol. The van der Waals surface area contributed by atoms with Gasteiger partial charge in [-0.2, -0.15) is 0 Å². The van der Waals surface area contributed by atoms with Crippen molar-refractivity contribution < 1.29 is 9.90 Å². The molecule has 2 nitrogen and oxygen atoms in total. The number of rotatable bonds is 1. The van der Waals surface area contributed by atoms with Crippen LogP contribution in [0, 0.1) is 0 Å². The Balaban J connectivity index is 2.05. The van der Waals surface area contributed by atoms with Crippen molar-refractivity contribution in [2.75, 3.05) is 0 Å². The van der Waals surface area contributed by atoms with Crippen molar-refractivity contribution >= 4 is 22.6 Å². The summed E-state index contributed by atoms with van der Waals surface area (Å²) in [5.41, 5.74) is 2.67. The molecule has 1 N–H and O–H groups in total. The summed E-state index contributed by atoms with van der Waals surface area (Å²) in [4.78, 5) is 12.6. The first-order valence-electron chi connectivity index (χ1n) is 7.27. The van der Waals surface area contributed by atoms with Gasteiger partial charge in [0.1, 0.15) is 5.75 Å². The largest absolute Gasteiger partial charge is 0.508 e. The quantitative estimate of drug-likeness (QED) is 0.725. The Morgan fingerprint density at radius 3 is 2.50 bits per heavy atom. The second-order valence-electron chi connectivity index (χ2n) is 5.52. The summed E-state index contributed by atoms with van der Waals surface area (Å²) in [6.07, 6.45) is 3.45. The van der Waals surface area contributed by atoms with E-state index >= 15 is 0 Å². The van der Waals surface area contributed by atoms with Crippen molar-refractivity contribution in [3.05, 3.63) is 83.4 Å². The molecule has 0 saturated heterocycles. The number of aromatic hydroxyl groups is 1. The van der Waals surface area contributed by atoms with E-state index in [1.807, 2.05) is 60.7 Å². The van der Waals surface area contributed by atoms with E-state index < -0.39 is 5.92 Å². The van der Waals surface area contributed by atoms with Crippen molar-refractivity contribution in [3.8, 4) is 5.75 Å². The molecule has 2 heteroatoms. The molecule has 1 aliphatic rings. The van der Waals surface area contributed by atoms with Crippen LogP contribution in [0.25, 0.3) is 16.8 Å². The molecule has 3 aromatic carbocycles.